The van der Waals surface area contributed by atoms with Gasteiger partial charge in [-0.15, -0.1) is 0 Å². The van der Waals surface area contributed by atoms with E-state index in [1.54, 1.807) is 6.07 Å². The van der Waals surface area contributed by atoms with Crippen LogP contribution >= 0.6 is 22.7 Å². The summed E-state index contributed by atoms with van der Waals surface area (Å²) in [5.41, 5.74) is 5.42. The number of aromatic hydroxyl groups is 1. The number of thiazole rings is 1. The number of nitrogens with two attached hydrogens (primary N) is 1. The van der Waals surface area contributed by atoms with Crippen LogP contribution in [0.25, 0.3) is 9.53 Å². The van der Waals surface area contributed by atoms with E-state index in [1.807, 2.05) is 0 Å². The number of nitrogen functional groups attached to an aromatic ring is 1. The smallest absolute Gasteiger partial charge is 0.181 e. The zero-order valence-electron chi connectivity index (χ0n) is 4.87. The average Bonchev–Trinajstić information content (AvgIpc) is 2.21. The lowest BCUT2D eigenvalue weighted by molar-refractivity contribution is 0.491. The Bertz CT molecular complexity index is 301. The van der Waals surface area contributed by atoms with Crippen LogP contribution in [0.4, 0.5) is 5.13 Å². The molecule has 0 fully saturated rings. The topological polar surface area (TPSA) is 59.1 Å². The molecule has 0 aromatic carbocycles. The van der Waals surface area contributed by atoms with Gasteiger partial charge in [-0.1, -0.05) is 22.7 Å². The summed E-state index contributed by atoms with van der Waals surface area (Å²) < 4.78 is 0.958. The molecular formula is C5H4N2OS2. The van der Waals surface area contributed by atoms with Crippen molar-refractivity contribution in [2.45, 2.75) is 0 Å². The van der Waals surface area contributed by atoms with E-state index in [4.69, 9.17) is 10.8 Å². The first kappa shape index (κ1) is 5.94. The maximum absolute atomic E-state index is 8.98. The summed E-state index contributed by atoms with van der Waals surface area (Å²) in [6.07, 6.45) is 0. The summed E-state index contributed by atoms with van der Waals surface area (Å²) in [5, 5.41) is 9.84. The Morgan fingerprint density at radius 3 is 3.00 bits per heavy atom. The van der Waals surface area contributed by atoms with Crippen LogP contribution in [0.2, 0.25) is 0 Å². The zero-order chi connectivity index (χ0) is 7.14. The highest BCUT2D eigenvalue weighted by molar-refractivity contribution is 7.29. The second-order valence-corrected chi connectivity index (χ2v) is 3.88. The molecule has 0 aliphatic heterocycles. The third-order valence-corrected chi connectivity index (χ3v) is 2.89. The molecule has 2 aromatic rings. The van der Waals surface area contributed by atoms with Gasteiger partial charge in [0.05, 0.1) is 4.70 Å². The van der Waals surface area contributed by atoms with Gasteiger partial charge in [-0.25, -0.2) is 4.98 Å². The van der Waals surface area contributed by atoms with Crippen molar-refractivity contribution in [3.63, 3.8) is 0 Å². The third-order valence-electron chi connectivity index (χ3n) is 1.09. The third kappa shape index (κ3) is 0.748. The molecular weight excluding hydrogens is 168 g/mol. The van der Waals surface area contributed by atoms with E-state index < -0.39 is 0 Å². The van der Waals surface area contributed by atoms with E-state index >= 15 is 0 Å². The highest BCUT2D eigenvalue weighted by Gasteiger charge is 2.04. The quantitative estimate of drug-likeness (QED) is 0.635. The largest absolute Gasteiger partial charge is 0.499 e. The minimum Gasteiger partial charge on any atom is -0.499 e. The molecule has 0 bridgehead atoms. The maximum Gasteiger partial charge on any atom is 0.181 e. The maximum atomic E-state index is 8.98. The van der Waals surface area contributed by atoms with Crippen LogP contribution in [0.5, 0.6) is 5.06 Å². The van der Waals surface area contributed by atoms with Crippen molar-refractivity contribution in [3.8, 4) is 5.06 Å². The monoisotopic (exact) mass is 172 g/mol. The zero-order valence-corrected chi connectivity index (χ0v) is 6.50. The predicted molar refractivity (Wildman–Crippen MR) is 43.6 cm³/mol. The minimum absolute atomic E-state index is 0.300. The Morgan fingerprint density at radius 1 is 1.50 bits per heavy atom. The fourth-order valence-corrected chi connectivity index (χ4v) is 2.47. The van der Waals surface area contributed by atoms with Gasteiger partial charge in [0.1, 0.15) is 4.83 Å². The van der Waals surface area contributed by atoms with Crippen molar-refractivity contribution in [3.05, 3.63) is 6.07 Å². The van der Waals surface area contributed by atoms with Crippen LogP contribution in [0, 0.1) is 0 Å². The van der Waals surface area contributed by atoms with Crippen LogP contribution < -0.4 is 5.73 Å². The molecule has 3 N–H and O–H groups in total. The lowest BCUT2D eigenvalue weighted by atomic mass is 10.6. The number of hydrogen-bond donors (Lipinski definition) is 2. The molecule has 0 aliphatic carbocycles. The molecule has 52 valence electrons. The molecule has 3 nitrogen and oxygen atoms in total. The van der Waals surface area contributed by atoms with Gasteiger partial charge in [-0.3, -0.25) is 0 Å². The van der Waals surface area contributed by atoms with Gasteiger partial charge in [0.15, 0.2) is 10.2 Å². The van der Waals surface area contributed by atoms with Crippen molar-refractivity contribution in [2.75, 3.05) is 5.73 Å². The number of hydrogen-bond acceptors (Lipinski definition) is 5. The van der Waals surface area contributed by atoms with E-state index in [2.05, 4.69) is 4.98 Å². The number of thiophene rings is 1. The number of anilines is 1. The summed E-state index contributed by atoms with van der Waals surface area (Å²) in [5.74, 6) is 0. The molecule has 0 saturated heterocycles. The highest BCUT2D eigenvalue weighted by atomic mass is 32.1. The van der Waals surface area contributed by atoms with Gasteiger partial charge in [-0.2, -0.15) is 0 Å². The molecule has 0 aliphatic rings. The number of aromatic nitrogens is 1. The van der Waals surface area contributed by atoms with Crippen LogP contribution in [-0.4, -0.2) is 10.1 Å². The van der Waals surface area contributed by atoms with Gasteiger partial charge in [-0.05, 0) is 0 Å². The van der Waals surface area contributed by atoms with Gasteiger partial charge in [0, 0.05) is 6.07 Å². The van der Waals surface area contributed by atoms with Gasteiger partial charge in [0.2, 0.25) is 0 Å². The second-order valence-electron chi connectivity index (χ2n) is 1.81. The SMILES string of the molecule is Nc1nc2sc(O)cc2s1. The van der Waals surface area contributed by atoms with Gasteiger partial charge in [0.25, 0.3) is 0 Å². The summed E-state index contributed by atoms with van der Waals surface area (Å²) in [6, 6.07) is 1.67. The van der Waals surface area contributed by atoms with Crippen LogP contribution in [0.1, 0.15) is 0 Å². The molecule has 0 atom stereocenters. The first-order chi connectivity index (χ1) is 4.75. The normalized spacial score (nSPS) is 10.8. The lowest BCUT2D eigenvalue weighted by Gasteiger charge is -1.75. The predicted octanol–water partition coefficient (Wildman–Crippen LogP) is 1.65. The molecule has 0 unspecified atom stereocenters. The summed E-state index contributed by atoms with van der Waals surface area (Å²) >= 11 is 2.64. The van der Waals surface area contributed by atoms with Crippen molar-refractivity contribution < 1.29 is 5.11 Å². The van der Waals surface area contributed by atoms with Gasteiger partial charge >= 0.3 is 0 Å². The van der Waals surface area contributed by atoms with Crippen molar-refractivity contribution in [2.24, 2.45) is 0 Å². The molecule has 2 rings (SSSR count). The number of rotatable bonds is 0. The molecule has 2 heterocycles. The molecule has 0 spiro atoms. The Labute approximate surface area is 64.7 Å². The van der Waals surface area contributed by atoms with Crippen LogP contribution in [0.15, 0.2) is 6.07 Å². The van der Waals surface area contributed by atoms with E-state index in [9.17, 15) is 0 Å². The Hall–Kier alpha value is -0.810. The second kappa shape index (κ2) is 1.83. The fourth-order valence-electron chi connectivity index (χ4n) is 0.739. The Morgan fingerprint density at radius 2 is 2.30 bits per heavy atom. The average molecular weight is 172 g/mol. The van der Waals surface area contributed by atoms with Crippen molar-refractivity contribution >= 4 is 37.3 Å². The minimum atomic E-state index is 0.300. The lowest BCUT2D eigenvalue weighted by Crippen LogP contribution is -1.78. The fraction of sp³-hybridized carbons (Fsp3) is 0. The van der Waals surface area contributed by atoms with E-state index in [0.29, 0.717) is 10.2 Å². The van der Waals surface area contributed by atoms with Crippen molar-refractivity contribution in [1.82, 2.24) is 4.98 Å². The Balaban J connectivity index is 2.83. The number of fused-ring (bicyclic) bond motifs is 1. The molecule has 5 heteroatoms. The van der Waals surface area contributed by atoms with Crippen LogP contribution in [-0.2, 0) is 0 Å². The summed E-state index contributed by atoms with van der Waals surface area (Å²) in [6.45, 7) is 0. The van der Waals surface area contributed by atoms with Gasteiger partial charge < -0.3 is 10.8 Å². The molecule has 0 radical (unpaired) electrons. The molecule has 0 amide bonds. The molecule has 0 saturated carbocycles. The van der Waals surface area contributed by atoms with E-state index in [-0.39, 0.29) is 0 Å². The first-order valence-electron chi connectivity index (χ1n) is 2.60. The van der Waals surface area contributed by atoms with Crippen molar-refractivity contribution in [1.29, 1.82) is 0 Å². The highest BCUT2D eigenvalue weighted by Crippen LogP contribution is 2.34. The van der Waals surface area contributed by atoms with E-state index in [1.165, 1.54) is 22.7 Å². The summed E-state index contributed by atoms with van der Waals surface area (Å²) in [7, 11) is 0. The number of nitrogens with zero attached hydrogens (tertiary/aromatic N) is 1. The van der Waals surface area contributed by atoms with E-state index in [0.717, 1.165) is 9.53 Å². The van der Waals surface area contributed by atoms with Crippen LogP contribution in [0.3, 0.4) is 0 Å². The molecule has 2 aromatic heterocycles. The standard InChI is InChI=1S/C5H4N2OS2/c6-5-7-4-2(9-5)1-3(8)10-4/h1,8H,(H2,6,7). The Kier molecular flexibility index (Phi) is 1.09. The molecule has 10 heavy (non-hydrogen) atoms. The first-order valence-corrected chi connectivity index (χ1v) is 4.24. The summed E-state index contributed by atoms with van der Waals surface area (Å²) in [4.78, 5) is 4.81.